The average Bonchev–Trinajstić information content (AvgIpc) is 2.77. The van der Waals surface area contributed by atoms with Crippen LogP contribution in [-0.4, -0.2) is 44.3 Å². The molecule has 0 aliphatic carbocycles. The van der Waals surface area contributed by atoms with Gasteiger partial charge in [0, 0.05) is 35.4 Å². The van der Waals surface area contributed by atoms with Gasteiger partial charge in [-0.25, -0.2) is 0 Å². The summed E-state index contributed by atoms with van der Waals surface area (Å²) in [6.45, 7) is 6.60. The molecule has 2 aromatic rings. The zero-order valence-electron chi connectivity index (χ0n) is 19.1. The lowest BCUT2D eigenvalue weighted by molar-refractivity contribution is -0.164. The summed E-state index contributed by atoms with van der Waals surface area (Å²) in [4.78, 5) is 26.2. The number of ketones is 1. The van der Waals surface area contributed by atoms with E-state index in [0.29, 0.717) is 11.3 Å². The molecule has 7 atom stereocenters. The largest absolute Gasteiger partial charge is 0.508 e. The first-order chi connectivity index (χ1) is 15.5. The number of Topliss-reactive ketones (excluding diaryl/α,β-unsaturated/α-hetero) is 1. The minimum Gasteiger partial charge on any atom is -0.508 e. The summed E-state index contributed by atoms with van der Waals surface area (Å²) in [6.07, 6.45) is -2.21. The second kappa shape index (κ2) is 9.70. The molecule has 1 heterocycles. The molecule has 0 aromatic heterocycles. The molecular weight excluding hydrogens is 426 g/mol. The topological polar surface area (TPSA) is 136 Å². The molecule has 0 bridgehead atoms. The van der Waals surface area contributed by atoms with Gasteiger partial charge in [-0.05, 0) is 31.2 Å². The zero-order valence-corrected chi connectivity index (χ0v) is 19.1. The van der Waals surface area contributed by atoms with Crippen molar-refractivity contribution >= 4 is 17.4 Å². The number of nitrogens with one attached hydrogen (secondary N) is 1. The number of carbonyl (C=O) groups excluding carboxylic acids is 2. The van der Waals surface area contributed by atoms with E-state index in [1.165, 1.54) is 25.1 Å². The lowest BCUT2D eigenvalue weighted by atomic mass is 9.76. The summed E-state index contributed by atoms with van der Waals surface area (Å²) in [5.74, 6) is -4.30. The van der Waals surface area contributed by atoms with E-state index in [1.54, 1.807) is 39.0 Å². The second-order valence-corrected chi connectivity index (χ2v) is 8.95. The van der Waals surface area contributed by atoms with E-state index in [4.69, 9.17) is 4.74 Å². The Morgan fingerprint density at radius 3 is 2.06 bits per heavy atom. The number of rotatable bonds is 3. The summed E-state index contributed by atoms with van der Waals surface area (Å²) in [5, 5.41) is 44.2. The van der Waals surface area contributed by atoms with Gasteiger partial charge < -0.3 is 30.5 Å². The molecule has 1 fully saturated rings. The molecule has 0 spiro atoms. The van der Waals surface area contributed by atoms with Gasteiger partial charge >= 0.3 is 5.97 Å². The number of anilines is 1. The Balaban J connectivity index is 2.12. The standard InChI is InChI=1S/C25H31NO7/c1-12-21(26-19-7-5-6-8-20(19)29)13(2)24(16-9-17(27)11-18(28)10-16)33-25(32)15(4)23(31)14(3)22(12)30/h5-15,21,23-24,26-29,31H,1-4H3/t12-,13-,14-,15+,21+,23-,24?/m1/s1. The Kier molecular flexibility index (Phi) is 7.17. The number of benzene rings is 2. The predicted octanol–water partition coefficient (Wildman–Crippen LogP) is 3.36. The third-order valence-corrected chi connectivity index (χ3v) is 6.60. The molecule has 1 aliphatic heterocycles. The highest BCUT2D eigenvalue weighted by molar-refractivity contribution is 5.86. The predicted molar refractivity (Wildman–Crippen MR) is 122 cm³/mol. The summed E-state index contributed by atoms with van der Waals surface area (Å²) < 4.78 is 5.81. The zero-order chi connectivity index (χ0) is 24.4. The van der Waals surface area contributed by atoms with Crippen LogP contribution in [-0.2, 0) is 14.3 Å². The van der Waals surface area contributed by atoms with Crippen LogP contribution in [0.1, 0.15) is 39.4 Å². The highest BCUT2D eigenvalue weighted by atomic mass is 16.5. The molecule has 0 amide bonds. The normalized spacial score (nSPS) is 31.0. The van der Waals surface area contributed by atoms with E-state index in [2.05, 4.69) is 5.32 Å². The van der Waals surface area contributed by atoms with Gasteiger partial charge in [-0.15, -0.1) is 0 Å². The number of phenols is 3. The maximum absolute atomic E-state index is 13.3. The third kappa shape index (κ3) is 5.06. The summed E-state index contributed by atoms with van der Waals surface area (Å²) >= 11 is 0. The van der Waals surface area contributed by atoms with Gasteiger partial charge in [-0.2, -0.15) is 0 Å². The minimum atomic E-state index is -1.25. The first kappa shape index (κ1) is 24.4. The molecule has 2 aromatic carbocycles. The van der Waals surface area contributed by atoms with Crippen molar-refractivity contribution in [1.82, 2.24) is 0 Å². The molecule has 1 saturated heterocycles. The maximum Gasteiger partial charge on any atom is 0.311 e. The quantitative estimate of drug-likeness (QED) is 0.350. The highest BCUT2D eigenvalue weighted by Gasteiger charge is 2.43. The van der Waals surface area contributed by atoms with Gasteiger partial charge in [-0.1, -0.05) is 32.9 Å². The number of aromatic hydroxyl groups is 3. The molecule has 178 valence electrons. The molecule has 33 heavy (non-hydrogen) atoms. The first-order valence-electron chi connectivity index (χ1n) is 11.0. The minimum absolute atomic E-state index is 0.00769. The first-order valence-corrected chi connectivity index (χ1v) is 11.0. The molecule has 0 saturated carbocycles. The van der Waals surface area contributed by atoms with Crippen molar-refractivity contribution in [2.24, 2.45) is 23.7 Å². The number of esters is 1. The number of cyclic esters (lactones) is 1. The SMILES string of the molecule is C[C@@H]1C(=O)OC(c2cc(O)cc(O)c2)[C@H](C)[C@@H](Nc2ccccc2O)[C@@H](C)C(=O)[C@@H](C)[C@H]1O. The number of hydrogen-bond acceptors (Lipinski definition) is 8. The maximum atomic E-state index is 13.3. The Bertz CT molecular complexity index is 1000. The lowest BCUT2D eigenvalue weighted by Crippen LogP contribution is -2.48. The van der Waals surface area contributed by atoms with Crippen LogP contribution in [0.2, 0.25) is 0 Å². The number of hydrogen-bond donors (Lipinski definition) is 5. The number of phenolic OH excluding ortho intramolecular Hbond substituents is 3. The number of carbonyl (C=O) groups is 2. The number of para-hydroxylation sites is 2. The monoisotopic (exact) mass is 457 g/mol. The van der Waals surface area contributed by atoms with Gasteiger partial charge in [0.05, 0.1) is 17.7 Å². The highest BCUT2D eigenvalue weighted by Crippen LogP contribution is 2.39. The van der Waals surface area contributed by atoms with Gasteiger partial charge in [0.2, 0.25) is 0 Å². The Hall–Kier alpha value is -3.26. The van der Waals surface area contributed by atoms with E-state index in [-0.39, 0.29) is 23.0 Å². The average molecular weight is 458 g/mol. The molecule has 8 heteroatoms. The molecule has 3 rings (SSSR count). The van der Waals surface area contributed by atoms with E-state index < -0.39 is 47.9 Å². The molecule has 1 unspecified atom stereocenters. The lowest BCUT2D eigenvalue weighted by Gasteiger charge is -2.39. The van der Waals surface area contributed by atoms with Crippen LogP contribution in [0.4, 0.5) is 5.69 Å². The Morgan fingerprint density at radius 1 is 0.848 bits per heavy atom. The van der Waals surface area contributed by atoms with Crippen molar-refractivity contribution in [2.75, 3.05) is 5.32 Å². The smallest absolute Gasteiger partial charge is 0.311 e. The number of aliphatic hydroxyl groups is 1. The van der Waals surface area contributed by atoms with Crippen LogP contribution in [0.25, 0.3) is 0 Å². The second-order valence-electron chi connectivity index (χ2n) is 8.95. The molecule has 5 N–H and O–H groups in total. The molecular formula is C25H31NO7. The van der Waals surface area contributed by atoms with Crippen molar-refractivity contribution in [3.8, 4) is 17.2 Å². The third-order valence-electron chi connectivity index (χ3n) is 6.60. The van der Waals surface area contributed by atoms with Crippen LogP contribution in [0.3, 0.4) is 0 Å². The van der Waals surface area contributed by atoms with Crippen molar-refractivity contribution in [1.29, 1.82) is 0 Å². The van der Waals surface area contributed by atoms with Crippen molar-refractivity contribution in [3.05, 3.63) is 48.0 Å². The van der Waals surface area contributed by atoms with Crippen molar-refractivity contribution in [3.63, 3.8) is 0 Å². The van der Waals surface area contributed by atoms with Crippen molar-refractivity contribution < 1.29 is 34.8 Å². The van der Waals surface area contributed by atoms with E-state index >= 15 is 0 Å². The molecule has 1 aliphatic rings. The molecule has 0 radical (unpaired) electrons. The number of ether oxygens (including phenoxy) is 1. The van der Waals surface area contributed by atoms with Crippen LogP contribution in [0, 0.1) is 23.7 Å². The fourth-order valence-corrected chi connectivity index (χ4v) is 4.50. The van der Waals surface area contributed by atoms with Crippen LogP contribution in [0.15, 0.2) is 42.5 Å². The van der Waals surface area contributed by atoms with Gasteiger partial charge in [0.25, 0.3) is 0 Å². The van der Waals surface area contributed by atoms with E-state index in [9.17, 15) is 30.0 Å². The van der Waals surface area contributed by atoms with Gasteiger partial charge in [-0.3, -0.25) is 9.59 Å². The van der Waals surface area contributed by atoms with Crippen LogP contribution >= 0.6 is 0 Å². The molecule has 8 nitrogen and oxygen atoms in total. The van der Waals surface area contributed by atoms with E-state index in [1.807, 2.05) is 0 Å². The summed E-state index contributed by atoms with van der Waals surface area (Å²) in [5.41, 5.74) is 0.740. The van der Waals surface area contributed by atoms with Crippen LogP contribution in [0.5, 0.6) is 17.2 Å². The fraction of sp³-hybridized carbons (Fsp3) is 0.440. The summed E-state index contributed by atoms with van der Waals surface area (Å²) in [6, 6.07) is 9.88. The van der Waals surface area contributed by atoms with E-state index in [0.717, 1.165) is 6.07 Å². The Morgan fingerprint density at radius 2 is 1.45 bits per heavy atom. The van der Waals surface area contributed by atoms with Gasteiger partial charge in [0.1, 0.15) is 29.1 Å². The fourth-order valence-electron chi connectivity index (χ4n) is 4.50. The number of aliphatic hydroxyl groups excluding tert-OH is 1. The van der Waals surface area contributed by atoms with Crippen molar-refractivity contribution in [2.45, 2.75) is 45.9 Å². The van der Waals surface area contributed by atoms with Gasteiger partial charge in [0.15, 0.2) is 0 Å². The van der Waals surface area contributed by atoms with Crippen LogP contribution < -0.4 is 5.32 Å². The Labute approximate surface area is 192 Å². The summed E-state index contributed by atoms with van der Waals surface area (Å²) in [7, 11) is 0.